The van der Waals surface area contributed by atoms with Crippen LogP contribution in [0.5, 0.6) is 0 Å². The van der Waals surface area contributed by atoms with Crippen molar-refractivity contribution < 1.29 is 24.2 Å². The number of fused-ring (bicyclic) bond motifs is 1. The minimum atomic E-state index is -1.10. The molecule has 1 aromatic carbocycles. The minimum absolute atomic E-state index is 0.00785. The lowest BCUT2D eigenvalue weighted by molar-refractivity contribution is -0.150. The number of ether oxygens (including phenoxy) is 1. The van der Waals surface area contributed by atoms with E-state index in [-0.39, 0.29) is 30.2 Å². The number of aliphatic hydroxyl groups excluding tert-OH is 1. The van der Waals surface area contributed by atoms with Gasteiger partial charge >= 0.3 is 0 Å². The maximum Gasteiger partial charge on any atom is 0.245 e. The molecule has 36 heavy (non-hydrogen) atoms. The number of hydrogen-bond donors (Lipinski definition) is 3. The van der Waals surface area contributed by atoms with Gasteiger partial charge in [-0.05, 0) is 44.1 Å². The van der Waals surface area contributed by atoms with Crippen LogP contribution in [0.2, 0.25) is 0 Å². The molecule has 2 bridgehead atoms. The van der Waals surface area contributed by atoms with E-state index >= 15 is 0 Å². The van der Waals surface area contributed by atoms with Crippen LogP contribution in [-0.2, 0) is 25.5 Å². The number of hydrogen-bond acceptors (Lipinski definition) is 5. The normalized spacial score (nSPS) is 33.5. The van der Waals surface area contributed by atoms with Gasteiger partial charge in [-0.25, -0.2) is 0 Å². The summed E-state index contributed by atoms with van der Waals surface area (Å²) in [6.45, 7) is 8.73. The summed E-state index contributed by atoms with van der Waals surface area (Å²) in [4.78, 5) is 43.0. The van der Waals surface area contributed by atoms with Crippen molar-refractivity contribution in [1.29, 1.82) is 0 Å². The molecular formula is C28H41N3O5. The molecule has 4 rings (SSSR count). The maximum atomic E-state index is 14.2. The monoisotopic (exact) mass is 499 g/mol. The first-order valence-electron chi connectivity index (χ1n) is 13.5. The van der Waals surface area contributed by atoms with Gasteiger partial charge in [-0.3, -0.25) is 14.4 Å². The summed E-state index contributed by atoms with van der Waals surface area (Å²) < 4.78 is 6.72. The van der Waals surface area contributed by atoms with E-state index in [0.717, 1.165) is 24.8 Å². The fourth-order valence-electron chi connectivity index (χ4n) is 6.75. The van der Waals surface area contributed by atoms with Crippen LogP contribution in [0, 0.1) is 17.8 Å². The SMILES string of the molecule is CCCCNC(=O)C1N([C@@H](CO)Cc2ccccc2)C(=O)[C@@H]2[C@H](C(=O)NCCC)[C@@]3(C)OC12CC3C. The van der Waals surface area contributed by atoms with Gasteiger partial charge in [-0.15, -0.1) is 0 Å². The summed E-state index contributed by atoms with van der Waals surface area (Å²) >= 11 is 0. The second kappa shape index (κ2) is 10.5. The van der Waals surface area contributed by atoms with Crippen molar-refractivity contribution in [2.45, 2.75) is 83.1 Å². The summed E-state index contributed by atoms with van der Waals surface area (Å²) in [7, 11) is 0. The molecule has 8 heteroatoms. The fourth-order valence-corrected chi connectivity index (χ4v) is 6.75. The van der Waals surface area contributed by atoms with Crippen molar-refractivity contribution in [1.82, 2.24) is 15.5 Å². The Labute approximate surface area is 214 Å². The van der Waals surface area contributed by atoms with Gasteiger partial charge < -0.3 is 25.4 Å². The summed E-state index contributed by atoms with van der Waals surface area (Å²) in [6, 6.07) is 8.14. The second-order valence-corrected chi connectivity index (χ2v) is 10.9. The Kier molecular flexibility index (Phi) is 7.76. The number of likely N-dealkylation sites (tertiary alicyclic amines) is 1. The lowest BCUT2D eigenvalue weighted by atomic mass is 9.62. The third-order valence-corrected chi connectivity index (χ3v) is 8.58. The molecule has 0 aliphatic carbocycles. The highest BCUT2D eigenvalue weighted by molar-refractivity contribution is 5.99. The Hall–Kier alpha value is -2.45. The molecule has 198 valence electrons. The van der Waals surface area contributed by atoms with Gasteiger partial charge in [-0.2, -0.15) is 0 Å². The molecule has 8 nitrogen and oxygen atoms in total. The highest BCUT2D eigenvalue weighted by Gasteiger charge is 2.80. The average molecular weight is 500 g/mol. The summed E-state index contributed by atoms with van der Waals surface area (Å²) in [5.74, 6) is -2.19. The first-order chi connectivity index (χ1) is 17.2. The molecule has 3 N–H and O–H groups in total. The highest BCUT2D eigenvalue weighted by atomic mass is 16.5. The first kappa shape index (κ1) is 26.6. The molecule has 1 aromatic rings. The third-order valence-electron chi connectivity index (χ3n) is 8.58. The molecule has 1 spiro atoms. The van der Waals surface area contributed by atoms with E-state index in [1.54, 1.807) is 4.90 Å². The molecule has 7 atom stereocenters. The van der Waals surface area contributed by atoms with Crippen molar-refractivity contribution >= 4 is 17.7 Å². The van der Waals surface area contributed by atoms with Gasteiger partial charge in [-0.1, -0.05) is 57.5 Å². The number of carbonyl (C=O) groups is 3. The van der Waals surface area contributed by atoms with Crippen LogP contribution in [-0.4, -0.2) is 70.7 Å². The van der Waals surface area contributed by atoms with Crippen LogP contribution in [0.15, 0.2) is 30.3 Å². The Bertz CT molecular complexity index is 971. The highest BCUT2D eigenvalue weighted by Crippen LogP contribution is 2.65. The lowest BCUT2D eigenvalue weighted by Crippen LogP contribution is -2.58. The van der Waals surface area contributed by atoms with Crippen LogP contribution < -0.4 is 10.6 Å². The van der Waals surface area contributed by atoms with Gasteiger partial charge in [0, 0.05) is 13.1 Å². The van der Waals surface area contributed by atoms with Crippen molar-refractivity contribution in [3.63, 3.8) is 0 Å². The van der Waals surface area contributed by atoms with Gasteiger partial charge in [0.1, 0.15) is 11.6 Å². The number of aliphatic hydroxyl groups is 1. The maximum absolute atomic E-state index is 14.2. The zero-order valence-corrected chi connectivity index (χ0v) is 22.0. The average Bonchev–Trinajstić information content (AvgIpc) is 3.38. The standard InChI is InChI=1S/C28H41N3O5/c1-5-7-14-30-25(34)23-28-16-18(3)27(4,36-28)21(24(33)29-13-6-2)22(28)26(35)31(23)20(17-32)15-19-11-9-8-10-12-19/h8-12,18,20-23,32H,5-7,13-17H2,1-4H3,(H,29,33)(H,30,34)/t18?,20-,21-,22+,23?,27+,28?/m1/s1. The van der Waals surface area contributed by atoms with E-state index in [2.05, 4.69) is 17.6 Å². The zero-order valence-electron chi connectivity index (χ0n) is 22.0. The topological polar surface area (TPSA) is 108 Å². The number of unbranched alkanes of at least 4 members (excludes halogenated alkanes) is 1. The number of rotatable bonds is 11. The van der Waals surface area contributed by atoms with E-state index in [1.807, 2.05) is 51.1 Å². The van der Waals surface area contributed by atoms with E-state index in [0.29, 0.717) is 25.9 Å². The van der Waals surface area contributed by atoms with E-state index in [4.69, 9.17) is 4.74 Å². The molecule has 0 radical (unpaired) electrons. The third kappa shape index (κ3) is 4.22. The fraction of sp³-hybridized carbons (Fsp3) is 0.679. The van der Waals surface area contributed by atoms with Crippen molar-refractivity contribution in [2.75, 3.05) is 19.7 Å². The molecule has 3 amide bonds. The minimum Gasteiger partial charge on any atom is -0.394 e. The number of amides is 3. The quantitative estimate of drug-likeness (QED) is 0.404. The van der Waals surface area contributed by atoms with Crippen LogP contribution >= 0.6 is 0 Å². The molecule has 3 aliphatic rings. The summed E-state index contributed by atoms with van der Waals surface area (Å²) in [5, 5.41) is 16.5. The molecule has 3 unspecified atom stereocenters. The molecule has 3 fully saturated rings. The summed E-state index contributed by atoms with van der Waals surface area (Å²) in [5.41, 5.74) is -0.966. The molecule has 3 heterocycles. The van der Waals surface area contributed by atoms with Gasteiger partial charge in [0.25, 0.3) is 0 Å². The molecule has 0 saturated carbocycles. The molecule has 3 saturated heterocycles. The number of carbonyl (C=O) groups excluding carboxylic acids is 3. The van der Waals surface area contributed by atoms with Crippen molar-refractivity contribution in [2.24, 2.45) is 17.8 Å². The Morgan fingerprint density at radius 1 is 1.14 bits per heavy atom. The smallest absolute Gasteiger partial charge is 0.245 e. The predicted molar refractivity (Wildman–Crippen MR) is 136 cm³/mol. The van der Waals surface area contributed by atoms with Crippen LogP contribution in [0.4, 0.5) is 0 Å². The Morgan fingerprint density at radius 2 is 1.83 bits per heavy atom. The van der Waals surface area contributed by atoms with Crippen LogP contribution in [0.3, 0.4) is 0 Å². The first-order valence-corrected chi connectivity index (χ1v) is 13.5. The van der Waals surface area contributed by atoms with Gasteiger partial charge in [0.15, 0.2) is 0 Å². The van der Waals surface area contributed by atoms with Gasteiger partial charge in [0.2, 0.25) is 17.7 Å². The van der Waals surface area contributed by atoms with Crippen molar-refractivity contribution in [3.05, 3.63) is 35.9 Å². The zero-order chi connectivity index (χ0) is 26.1. The summed E-state index contributed by atoms with van der Waals surface area (Å²) in [6.07, 6.45) is 3.47. The van der Waals surface area contributed by atoms with Gasteiger partial charge in [0.05, 0.1) is 30.1 Å². The Morgan fingerprint density at radius 3 is 2.47 bits per heavy atom. The second-order valence-electron chi connectivity index (χ2n) is 10.9. The molecular weight excluding hydrogens is 458 g/mol. The largest absolute Gasteiger partial charge is 0.394 e. The molecule has 0 aromatic heterocycles. The lowest BCUT2D eigenvalue weighted by Gasteiger charge is -2.37. The van der Waals surface area contributed by atoms with Crippen LogP contribution in [0.25, 0.3) is 0 Å². The van der Waals surface area contributed by atoms with E-state index in [9.17, 15) is 19.5 Å². The Balaban J connectivity index is 1.75. The predicted octanol–water partition coefficient (Wildman–Crippen LogP) is 2.04. The van der Waals surface area contributed by atoms with Crippen molar-refractivity contribution in [3.8, 4) is 0 Å². The number of benzene rings is 1. The van der Waals surface area contributed by atoms with E-state index < -0.39 is 35.1 Å². The number of nitrogens with one attached hydrogen (secondary N) is 2. The molecule has 3 aliphatic heterocycles. The van der Waals surface area contributed by atoms with Crippen LogP contribution in [0.1, 0.15) is 58.9 Å². The number of nitrogens with zero attached hydrogens (tertiary/aromatic N) is 1. The van der Waals surface area contributed by atoms with E-state index in [1.165, 1.54) is 0 Å².